The first-order chi connectivity index (χ1) is 5.24. The van der Waals surface area contributed by atoms with Crippen LogP contribution in [0.15, 0.2) is 24.3 Å². The van der Waals surface area contributed by atoms with Gasteiger partial charge in [-0.05, 0) is 19.1 Å². The summed E-state index contributed by atoms with van der Waals surface area (Å²) in [6.07, 6.45) is 4.81. The van der Waals surface area contributed by atoms with Gasteiger partial charge in [0.2, 0.25) is 0 Å². The Morgan fingerprint density at radius 2 is 2.45 bits per heavy atom. The van der Waals surface area contributed by atoms with E-state index in [-0.39, 0.29) is 0 Å². The van der Waals surface area contributed by atoms with Gasteiger partial charge in [-0.25, -0.2) is 4.79 Å². The van der Waals surface area contributed by atoms with E-state index in [1.807, 2.05) is 0 Å². The largest absolute Gasteiger partial charge is 0.452 e. The van der Waals surface area contributed by atoms with E-state index in [1.165, 1.54) is 12.2 Å². The Hall–Kier alpha value is -1.09. The van der Waals surface area contributed by atoms with Crippen LogP contribution in [0.3, 0.4) is 0 Å². The molecular formula is C8H10O3. The zero-order chi connectivity index (χ0) is 8.27. The SMILES string of the molecule is C/C=C/[C@@H]1OC(=O)C=C[C@@H]1O. The molecule has 1 heterocycles. The van der Waals surface area contributed by atoms with E-state index in [1.54, 1.807) is 19.1 Å². The van der Waals surface area contributed by atoms with Crippen LogP contribution in [0, 0.1) is 0 Å². The molecule has 0 aromatic heterocycles. The van der Waals surface area contributed by atoms with E-state index < -0.39 is 18.2 Å². The third-order valence-electron chi connectivity index (χ3n) is 1.40. The van der Waals surface area contributed by atoms with Gasteiger partial charge in [0.05, 0.1) is 0 Å². The van der Waals surface area contributed by atoms with Crippen molar-refractivity contribution in [2.24, 2.45) is 0 Å². The lowest BCUT2D eigenvalue weighted by Gasteiger charge is -2.20. The van der Waals surface area contributed by atoms with Crippen LogP contribution in [0.2, 0.25) is 0 Å². The summed E-state index contributed by atoms with van der Waals surface area (Å²) < 4.78 is 4.78. The Kier molecular flexibility index (Phi) is 2.44. The summed E-state index contributed by atoms with van der Waals surface area (Å²) >= 11 is 0. The normalized spacial score (nSPS) is 30.9. The summed E-state index contributed by atoms with van der Waals surface area (Å²) in [5.41, 5.74) is 0. The number of cyclic esters (lactones) is 1. The molecule has 0 saturated heterocycles. The number of ether oxygens (including phenoxy) is 1. The molecule has 0 aromatic rings. The average molecular weight is 154 g/mol. The number of aliphatic hydroxyl groups excluding tert-OH is 1. The van der Waals surface area contributed by atoms with Gasteiger partial charge >= 0.3 is 5.97 Å². The highest BCUT2D eigenvalue weighted by Gasteiger charge is 2.21. The van der Waals surface area contributed by atoms with Crippen molar-refractivity contribution in [3.05, 3.63) is 24.3 Å². The highest BCUT2D eigenvalue weighted by Crippen LogP contribution is 2.09. The number of carbonyl (C=O) groups excluding carboxylic acids is 1. The molecule has 3 heteroatoms. The summed E-state index contributed by atoms with van der Waals surface area (Å²) in [5, 5.41) is 9.20. The maximum atomic E-state index is 10.6. The average Bonchev–Trinajstić information content (AvgIpc) is 1.98. The third kappa shape index (κ3) is 1.91. The molecule has 0 aromatic carbocycles. The Bertz CT molecular complexity index is 205. The van der Waals surface area contributed by atoms with Crippen molar-refractivity contribution in [3.8, 4) is 0 Å². The molecule has 0 aliphatic carbocycles. The molecule has 2 atom stereocenters. The minimum atomic E-state index is -0.705. The highest BCUT2D eigenvalue weighted by molar-refractivity contribution is 5.83. The summed E-state index contributed by atoms with van der Waals surface area (Å²) in [6.45, 7) is 1.80. The minimum absolute atomic E-state index is 0.404. The van der Waals surface area contributed by atoms with Crippen molar-refractivity contribution < 1.29 is 14.6 Å². The second-order valence-corrected chi connectivity index (χ2v) is 2.28. The van der Waals surface area contributed by atoms with E-state index in [0.717, 1.165) is 0 Å². The Balaban J connectivity index is 2.67. The maximum Gasteiger partial charge on any atom is 0.331 e. The number of hydrogen-bond donors (Lipinski definition) is 1. The fourth-order valence-electron chi connectivity index (χ4n) is 0.873. The quantitative estimate of drug-likeness (QED) is 0.439. The summed E-state index contributed by atoms with van der Waals surface area (Å²) in [7, 11) is 0. The first kappa shape index (κ1) is 8.01. The standard InChI is InChI=1S/C8H10O3/c1-2-3-7-6(9)4-5-8(10)11-7/h2-7,9H,1H3/b3-2+/t6-,7-/m0/s1. The van der Waals surface area contributed by atoms with Gasteiger partial charge in [0, 0.05) is 6.08 Å². The van der Waals surface area contributed by atoms with Crippen LogP contribution in [0.25, 0.3) is 0 Å². The molecule has 0 amide bonds. The second kappa shape index (κ2) is 3.34. The van der Waals surface area contributed by atoms with Crippen LogP contribution in [0.4, 0.5) is 0 Å². The van der Waals surface area contributed by atoms with Crippen LogP contribution in [0.1, 0.15) is 6.92 Å². The number of carbonyl (C=O) groups is 1. The minimum Gasteiger partial charge on any atom is -0.452 e. The van der Waals surface area contributed by atoms with E-state index in [9.17, 15) is 9.90 Å². The molecule has 1 aliphatic rings. The van der Waals surface area contributed by atoms with Crippen molar-refractivity contribution in [1.82, 2.24) is 0 Å². The molecule has 0 radical (unpaired) electrons. The Morgan fingerprint density at radius 1 is 1.73 bits per heavy atom. The summed E-state index contributed by atoms with van der Waals surface area (Å²) in [6, 6.07) is 0. The van der Waals surface area contributed by atoms with E-state index in [0.29, 0.717) is 0 Å². The second-order valence-electron chi connectivity index (χ2n) is 2.28. The Labute approximate surface area is 65.0 Å². The first-order valence-corrected chi connectivity index (χ1v) is 3.43. The van der Waals surface area contributed by atoms with Crippen LogP contribution in [0.5, 0.6) is 0 Å². The lowest BCUT2D eigenvalue weighted by atomic mass is 10.1. The van der Waals surface area contributed by atoms with Gasteiger partial charge in [0.15, 0.2) is 0 Å². The molecule has 0 saturated carbocycles. The number of hydrogen-bond acceptors (Lipinski definition) is 3. The summed E-state index contributed by atoms with van der Waals surface area (Å²) in [4.78, 5) is 10.6. The maximum absolute atomic E-state index is 10.6. The molecule has 1 rings (SSSR count). The molecule has 11 heavy (non-hydrogen) atoms. The molecule has 3 nitrogen and oxygen atoms in total. The topological polar surface area (TPSA) is 46.5 Å². The predicted molar refractivity (Wildman–Crippen MR) is 39.8 cm³/mol. The fourth-order valence-corrected chi connectivity index (χ4v) is 0.873. The van der Waals surface area contributed by atoms with Crippen LogP contribution in [-0.2, 0) is 9.53 Å². The summed E-state index contributed by atoms with van der Waals surface area (Å²) in [5.74, 6) is -0.404. The molecule has 0 fully saturated rings. The van der Waals surface area contributed by atoms with E-state index in [4.69, 9.17) is 4.74 Å². The lowest BCUT2D eigenvalue weighted by Crippen LogP contribution is -2.31. The molecule has 60 valence electrons. The molecule has 1 N–H and O–H groups in total. The molecule has 0 spiro atoms. The van der Waals surface area contributed by atoms with Gasteiger partial charge in [-0.3, -0.25) is 0 Å². The molecule has 1 aliphatic heterocycles. The van der Waals surface area contributed by atoms with Crippen LogP contribution < -0.4 is 0 Å². The van der Waals surface area contributed by atoms with Crippen molar-refractivity contribution in [2.75, 3.05) is 0 Å². The fraction of sp³-hybridized carbons (Fsp3) is 0.375. The van der Waals surface area contributed by atoms with Crippen LogP contribution in [-0.4, -0.2) is 23.3 Å². The van der Waals surface area contributed by atoms with Crippen LogP contribution >= 0.6 is 0 Å². The monoisotopic (exact) mass is 154 g/mol. The number of allylic oxidation sites excluding steroid dienone is 1. The van der Waals surface area contributed by atoms with Crippen molar-refractivity contribution in [3.63, 3.8) is 0 Å². The zero-order valence-corrected chi connectivity index (χ0v) is 6.23. The van der Waals surface area contributed by atoms with Crippen molar-refractivity contribution >= 4 is 5.97 Å². The van der Waals surface area contributed by atoms with E-state index in [2.05, 4.69) is 0 Å². The van der Waals surface area contributed by atoms with Gasteiger partial charge < -0.3 is 9.84 Å². The first-order valence-electron chi connectivity index (χ1n) is 3.43. The van der Waals surface area contributed by atoms with Gasteiger partial charge in [-0.2, -0.15) is 0 Å². The van der Waals surface area contributed by atoms with E-state index >= 15 is 0 Å². The Morgan fingerprint density at radius 3 is 3.09 bits per heavy atom. The van der Waals surface area contributed by atoms with Crippen molar-refractivity contribution in [2.45, 2.75) is 19.1 Å². The lowest BCUT2D eigenvalue weighted by molar-refractivity contribution is -0.146. The molecular weight excluding hydrogens is 144 g/mol. The van der Waals surface area contributed by atoms with Gasteiger partial charge in [-0.15, -0.1) is 0 Å². The smallest absolute Gasteiger partial charge is 0.331 e. The predicted octanol–water partition coefficient (Wildman–Crippen LogP) is 0.405. The number of rotatable bonds is 1. The van der Waals surface area contributed by atoms with Crippen molar-refractivity contribution in [1.29, 1.82) is 0 Å². The zero-order valence-electron chi connectivity index (χ0n) is 6.23. The molecule has 0 unspecified atom stereocenters. The van der Waals surface area contributed by atoms with Gasteiger partial charge in [0.1, 0.15) is 12.2 Å². The van der Waals surface area contributed by atoms with Gasteiger partial charge in [-0.1, -0.05) is 6.08 Å². The molecule has 0 bridgehead atoms. The third-order valence-corrected chi connectivity index (χ3v) is 1.40. The highest BCUT2D eigenvalue weighted by atomic mass is 16.6. The number of aliphatic hydroxyl groups is 1. The van der Waals surface area contributed by atoms with Gasteiger partial charge in [0.25, 0.3) is 0 Å². The number of esters is 1.